The predicted octanol–water partition coefficient (Wildman–Crippen LogP) is 0.622. The summed E-state index contributed by atoms with van der Waals surface area (Å²) in [5.41, 5.74) is 0. The van der Waals surface area contributed by atoms with Crippen molar-refractivity contribution in [3.05, 3.63) is 0 Å². The van der Waals surface area contributed by atoms with E-state index in [1.54, 1.807) is 0 Å². The summed E-state index contributed by atoms with van der Waals surface area (Å²) in [7, 11) is 0. The molecule has 92 valence electrons. The second-order valence-electron chi connectivity index (χ2n) is 5.03. The van der Waals surface area contributed by atoms with E-state index in [4.69, 9.17) is 4.74 Å². The number of piperidine rings is 1. The van der Waals surface area contributed by atoms with Crippen LogP contribution in [0.25, 0.3) is 0 Å². The van der Waals surface area contributed by atoms with Crippen LogP contribution < -0.4 is 5.32 Å². The molecule has 0 aromatic rings. The van der Waals surface area contributed by atoms with E-state index in [2.05, 4.69) is 12.2 Å². The summed E-state index contributed by atoms with van der Waals surface area (Å²) in [5, 5.41) is 3.30. The summed E-state index contributed by atoms with van der Waals surface area (Å²) in [6.45, 7) is 7.42. The van der Waals surface area contributed by atoms with E-state index in [1.165, 1.54) is 0 Å². The van der Waals surface area contributed by atoms with Crippen LogP contribution in [0.1, 0.15) is 26.7 Å². The van der Waals surface area contributed by atoms with Crippen molar-refractivity contribution in [2.45, 2.75) is 38.8 Å². The Hall–Kier alpha value is -0.610. The van der Waals surface area contributed by atoms with Crippen molar-refractivity contribution >= 4 is 5.91 Å². The zero-order valence-corrected chi connectivity index (χ0v) is 10.2. The van der Waals surface area contributed by atoms with Gasteiger partial charge in [0.2, 0.25) is 5.91 Å². The largest absolute Gasteiger partial charge is 0.375 e. The molecule has 2 fully saturated rings. The third-order valence-electron chi connectivity index (χ3n) is 3.54. The maximum Gasteiger partial charge on any atom is 0.227 e. The second kappa shape index (κ2) is 5.15. The Morgan fingerprint density at radius 1 is 1.44 bits per heavy atom. The summed E-state index contributed by atoms with van der Waals surface area (Å²) < 4.78 is 5.55. The minimum absolute atomic E-state index is 0.177. The molecule has 0 aliphatic carbocycles. The van der Waals surface area contributed by atoms with Crippen LogP contribution in [0, 0.1) is 5.92 Å². The van der Waals surface area contributed by atoms with Gasteiger partial charge in [0.05, 0.1) is 24.7 Å². The average molecular weight is 226 g/mol. The molecule has 2 aliphatic heterocycles. The number of amides is 1. The van der Waals surface area contributed by atoms with Crippen molar-refractivity contribution < 1.29 is 9.53 Å². The van der Waals surface area contributed by atoms with Gasteiger partial charge < -0.3 is 15.0 Å². The molecule has 4 heteroatoms. The lowest BCUT2D eigenvalue weighted by Crippen LogP contribution is -2.53. The van der Waals surface area contributed by atoms with Crippen molar-refractivity contribution in [1.29, 1.82) is 0 Å². The number of nitrogens with zero attached hydrogens (tertiary/aromatic N) is 1. The number of ether oxygens (including phenoxy) is 1. The number of hydrogen-bond donors (Lipinski definition) is 1. The predicted molar refractivity (Wildman–Crippen MR) is 62.2 cm³/mol. The molecule has 2 heterocycles. The lowest BCUT2D eigenvalue weighted by molar-refractivity contribution is -0.148. The Morgan fingerprint density at radius 3 is 2.94 bits per heavy atom. The summed E-state index contributed by atoms with van der Waals surface area (Å²) in [5.74, 6) is 0.497. The molecule has 2 rings (SSSR count). The number of nitrogens with one attached hydrogen (secondary N) is 1. The smallest absolute Gasteiger partial charge is 0.227 e. The van der Waals surface area contributed by atoms with Gasteiger partial charge in [-0.2, -0.15) is 0 Å². The first-order valence-electron chi connectivity index (χ1n) is 6.31. The van der Waals surface area contributed by atoms with Crippen LogP contribution in [0.15, 0.2) is 0 Å². The molecule has 0 radical (unpaired) electrons. The highest BCUT2D eigenvalue weighted by Gasteiger charge is 2.32. The molecule has 4 nitrogen and oxygen atoms in total. The fourth-order valence-corrected chi connectivity index (χ4v) is 2.51. The van der Waals surface area contributed by atoms with Gasteiger partial charge in [-0.1, -0.05) is 0 Å². The van der Waals surface area contributed by atoms with Crippen LogP contribution in [0.5, 0.6) is 0 Å². The molecule has 0 aromatic heterocycles. The Morgan fingerprint density at radius 2 is 2.25 bits per heavy atom. The molecule has 3 atom stereocenters. The molecule has 2 aliphatic rings. The maximum atomic E-state index is 12.3. The van der Waals surface area contributed by atoms with Gasteiger partial charge in [0.25, 0.3) is 0 Å². The van der Waals surface area contributed by atoms with Crippen molar-refractivity contribution in [2.75, 3.05) is 26.2 Å². The number of carbonyl (C=O) groups excluding carboxylic acids is 1. The zero-order chi connectivity index (χ0) is 11.5. The van der Waals surface area contributed by atoms with E-state index in [9.17, 15) is 4.79 Å². The maximum absolute atomic E-state index is 12.3. The highest BCUT2D eigenvalue weighted by molar-refractivity contribution is 5.79. The van der Waals surface area contributed by atoms with Gasteiger partial charge in [-0.3, -0.25) is 4.79 Å². The summed E-state index contributed by atoms with van der Waals surface area (Å²) in [6, 6.07) is 0.227. The van der Waals surface area contributed by atoms with E-state index in [1.807, 2.05) is 11.8 Å². The highest BCUT2D eigenvalue weighted by Crippen LogP contribution is 2.18. The molecule has 0 bridgehead atoms. The normalized spacial score (nSPS) is 36.1. The van der Waals surface area contributed by atoms with Crippen LogP contribution in [-0.2, 0) is 9.53 Å². The summed E-state index contributed by atoms with van der Waals surface area (Å²) in [4.78, 5) is 14.3. The van der Waals surface area contributed by atoms with Gasteiger partial charge in [0.15, 0.2) is 0 Å². The SMILES string of the molecule is CC1CN(C(=O)C2CCCNC2)C(C)CO1. The highest BCUT2D eigenvalue weighted by atomic mass is 16.5. The lowest BCUT2D eigenvalue weighted by Gasteiger charge is -2.39. The topological polar surface area (TPSA) is 41.6 Å². The number of rotatable bonds is 1. The van der Waals surface area contributed by atoms with Crippen LogP contribution in [0.3, 0.4) is 0 Å². The molecule has 0 saturated carbocycles. The molecule has 16 heavy (non-hydrogen) atoms. The van der Waals surface area contributed by atoms with E-state index in [0.717, 1.165) is 32.5 Å². The third-order valence-corrected chi connectivity index (χ3v) is 3.54. The Labute approximate surface area is 97.3 Å². The van der Waals surface area contributed by atoms with Crippen LogP contribution >= 0.6 is 0 Å². The summed E-state index contributed by atoms with van der Waals surface area (Å²) >= 11 is 0. The van der Waals surface area contributed by atoms with Gasteiger partial charge in [-0.25, -0.2) is 0 Å². The Kier molecular flexibility index (Phi) is 3.82. The van der Waals surface area contributed by atoms with Gasteiger partial charge in [0.1, 0.15) is 0 Å². The van der Waals surface area contributed by atoms with E-state index < -0.39 is 0 Å². The van der Waals surface area contributed by atoms with Gasteiger partial charge >= 0.3 is 0 Å². The van der Waals surface area contributed by atoms with E-state index in [0.29, 0.717) is 12.5 Å². The van der Waals surface area contributed by atoms with Gasteiger partial charge in [0, 0.05) is 13.1 Å². The van der Waals surface area contributed by atoms with Gasteiger partial charge in [-0.05, 0) is 33.2 Å². The molecule has 3 unspecified atom stereocenters. The number of morpholine rings is 1. The second-order valence-corrected chi connectivity index (χ2v) is 5.03. The minimum atomic E-state index is 0.177. The molecule has 0 aromatic carbocycles. The molecule has 1 amide bonds. The molecule has 0 spiro atoms. The van der Waals surface area contributed by atoms with Crippen LogP contribution in [-0.4, -0.2) is 49.2 Å². The van der Waals surface area contributed by atoms with Crippen molar-refractivity contribution in [2.24, 2.45) is 5.92 Å². The summed E-state index contributed by atoms with van der Waals surface area (Å²) in [6.07, 6.45) is 2.33. The quantitative estimate of drug-likeness (QED) is 0.713. The fraction of sp³-hybridized carbons (Fsp3) is 0.917. The zero-order valence-electron chi connectivity index (χ0n) is 10.2. The first kappa shape index (κ1) is 11.9. The first-order valence-corrected chi connectivity index (χ1v) is 6.31. The molecule has 2 saturated heterocycles. The van der Waals surface area contributed by atoms with Crippen molar-refractivity contribution in [1.82, 2.24) is 10.2 Å². The van der Waals surface area contributed by atoms with Crippen molar-refractivity contribution in [3.63, 3.8) is 0 Å². The first-order chi connectivity index (χ1) is 7.68. The fourth-order valence-electron chi connectivity index (χ4n) is 2.51. The molecule has 1 N–H and O–H groups in total. The standard InChI is InChI=1S/C12H22N2O2/c1-9-8-16-10(2)7-14(9)12(15)11-4-3-5-13-6-11/h9-11,13H,3-8H2,1-2H3. The monoisotopic (exact) mass is 226 g/mol. The van der Waals surface area contributed by atoms with Gasteiger partial charge in [-0.15, -0.1) is 0 Å². The number of carbonyl (C=O) groups is 1. The number of hydrogen-bond acceptors (Lipinski definition) is 3. The molecular weight excluding hydrogens is 204 g/mol. The Balaban J connectivity index is 1.96. The Bertz CT molecular complexity index is 251. The van der Waals surface area contributed by atoms with E-state index in [-0.39, 0.29) is 18.1 Å². The van der Waals surface area contributed by atoms with Crippen LogP contribution in [0.2, 0.25) is 0 Å². The lowest BCUT2D eigenvalue weighted by atomic mass is 9.97. The van der Waals surface area contributed by atoms with Crippen molar-refractivity contribution in [3.8, 4) is 0 Å². The average Bonchev–Trinajstić information content (AvgIpc) is 2.32. The molecular formula is C12H22N2O2. The van der Waals surface area contributed by atoms with E-state index >= 15 is 0 Å². The van der Waals surface area contributed by atoms with Crippen LogP contribution in [0.4, 0.5) is 0 Å². The third kappa shape index (κ3) is 2.55. The minimum Gasteiger partial charge on any atom is -0.375 e.